The number of unbranched alkanes of at least 4 members (excludes halogenated alkanes) is 1. The maximum Gasteiger partial charge on any atom is 0.206 e. The molecule has 0 aliphatic carbocycles. The number of rotatable bonds is 6. The van der Waals surface area contributed by atoms with Crippen LogP contribution < -0.4 is 4.74 Å². The van der Waals surface area contributed by atoms with Crippen LogP contribution in [0.1, 0.15) is 25.3 Å². The molecule has 21 heavy (non-hydrogen) atoms. The van der Waals surface area contributed by atoms with Crippen LogP contribution in [-0.4, -0.2) is 15.0 Å². The number of hydrogen-bond donors (Lipinski definition) is 0. The maximum absolute atomic E-state index is 12.5. The Bertz CT molecular complexity index is 671. The third kappa shape index (κ3) is 3.85. The van der Waals surface area contributed by atoms with E-state index in [9.17, 15) is 8.42 Å². The molecule has 0 aliphatic rings. The summed E-state index contributed by atoms with van der Waals surface area (Å²) in [6.45, 7) is 4.68. The summed E-state index contributed by atoms with van der Waals surface area (Å²) in [7, 11) is -3.45. The van der Waals surface area contributed by atoms with Gasteiger partial charge in [0.1, 0.15) is 5.75 Å². The summed E-state index contributed by atoms with van der Waals surface area (Å²) in [4.78, 5) is 0.599. The molecule has 112 valence electrons. The molecule has 0 fully saturated rings. The van der Waals surface area contributed by atoms with Gasteiger partial charge >= 0.3 is 0 Å². The smallest absolute Gasteiger partial charge is 0.206 e. The SMILES string of the molecule is CCCCOc1ccc(S(=O)(=O)c2ccc(C)cc2)cc1. The lowest BCUT2D eigenvalue weighted by molar-refractivity contribution is 0.309. The van der Waals surface area contributed by atoms with Crippen molar-refractivity contribution in [2.75, 3.05) is 6.61 Å². The molecular weight excluding hydrogens is 284 g/mol. The molecule has 2 aromatic carbocycles. The van der Waals surface area contributed by atoms with Gasteiger partial charge in [0, 0.05) is 0 Å². The number of sulfone groups is 1. The first-order chi connectivity index (χ1) is 10.0. The van der Waals surface area contributed by atoms with Crippen LogP contribution in [0, 0.1) is 6.92 Å². The average molecular weight is 304 g/mol. The van der Waals surface area contributed by atoms with E-state index in [1.807, 2.05) is 6.92 Å². The van der Waals surface area contributed by atoms with Crippen LogP contribution in [0.25, 0.3) is 0 Å². The molecule has 2 aromatic rings. The lowest BCUT2D eigenvalue weighted by Gasteiger charge is -2.08. The summed E-state index contributed by atoms with van der Waals surface area (Å²) in [5.41, 5.74) is 1.04. The fourth-order valence-electron chi connectivity index (χ4n) is 1.90. The second-order valence-electron chi connectivity index (χ2n) is 4.99. The van der Waals surface area contributed by atoms with Crippen LogP contribution in [0.15, 0.2) is 58.3 Å². The monoisotopic (exact) mass is 304 g/mol. The third-order valence-corrected chi connectivity index (χ3v) is 5.02. The van der Waals surface area contributed by atoms with E-state index in [-0.39, 0.29) is 4.90 Å². The lowest BCUT2D eigenvalue weighted by atomic mass is 10.2. The molecule has 0 saturated carbocycles. The molecule has 0 atom stereocenters. The van der Waals surface area contributed by atoms with Crippen molar-refractivity contribution in [2.45, 2.75) is 36.5 Å². The number of aryl methyl sites for hydroxylation is 1. The van der Waals surface area contributed by atoms with Gasteiger partial charge in [0.05, 0.1) is 16.4 Å². The van der Waals surface area contributed by atoms with Gasteiger partial charge in [-0.2, -0.15) is 0 Å². The summed E-state index contributed by atoms with van der Waals surface area (Å²) in [5, 5.41) is 0. The highest BCUT2D eigenvalue weighted by Crippen LogP contribution is 2.23. The van der Waals surface area contributed by atoms with Crippen molar-refractivity contribution < 1.29 is 13.2 Å². The molecular formula is C17H20O3S. The second kappa shape index (κ2) is 6.76. The topological polar surface area (TPSA) is 43.4 Å². The van der Waals surface area contributed by atoms with Gasteiger partial charge < -0.3 is 4.74 Å². The zero-order valence-electron chi connectivity index (χ0n) is 12.4. The predicted molar refractivity (Wildman–Crippen MR) is 83.5 cm³/mol. The van der Waals surface area contributed by atoms with E-state index in [1.165, 1.54) is 0 Å². The number of benzene rings is 2. The molecule has 0 unspecified atom stereocenters. The van der Waals surface area contributed by atoms with Crippen molar-refractivity contribution in [3.63, 3.8) is 0 Å². The van der Waals surface area contributed by atoms with E-state index in [2.05, 4.69) is 6.92 Å². The van der Waals surface area contributed by atoms with E-state index >= 15 is 0 Å². The average Bonchev–Trinajstić information content (AvgIpc) is 2.48. The first-order valence-corrected chi connectivity index (χ1v) is 8.57. The number of hydrogen-bond acceptors (Lipinski definition) is 3. The minimum absolute atomic E-state index is 0.286. The standard InChI is InChI=1S/C17H20O3S/c1-3-4-13-20-15-7-11-17(12-8-15)21(18,19)16-9-5-14(2)6-10-16/h5-12H,3-4,13H2,1-2H3. The molecule has 0 amide bonds. The van der Waals surface area contributed by atoms with E-state index in [4.69, 9.17) is 4.74 Å². The van der Waals surface area contributed by atoms with Crippen LogP contribution in [0.5, 0.6) is 5.75 Å². The van der Waals surface area contributed by atoms with Gasteiger partial charge in [-0.05, 0) is 49.7 Å². The van der Waals surface area contributed by atoms with Gasteiger partial charge in [-0.25, -0.2) is 8.42 Å². The summed E-state index contributed by atoms with van der Waals surface area (Å²) in [5.74, 6) is 0.700. The van der Waals surface area contributed by atoms with Crippen molar-refractivity contribution in [1.29, 1.82) is 0 Å². The molecule has 0 aromatic heterocycles. The Labute approximate surface area is 126 Å². The Kier molecular flexibility index (Phi) is 5.02. The Morgan fingerprint density at radius 3 is 1.95 bits per heavy atom. The molecule has 0 N–H and O–H groups in total. The lowest BCUT2D eigenvalue weighted by Crippen LogP contribution is -2.02. The third-order valence-electron chi connectivity index (χ3n) is 3.23. The van der Waals surface area contributed by atoms with Crippen LogP contribution in [0.3, 0.4) is 0 Å². The Morgan fingerprint density at radius 1 is 0.905 bits per heavy atom. The van der Waals surface area contributed by atoms with Crippen LogP contribution in [-0.2, 0) is 9.84 Å². The van der Waals surface area contributed by atoms with Crippen LogP contribution in [0.4, 0.5) is 0 Å². The van der Waals surface area contributed by atoms with Crippen molar-refractivity contribution >= 4 is 9.84 Å². The quantitative estimate of drug-likeness (QED) is 0.757. The Morgan fingerprint density at radius 2 is 1.43 bits per heavy atom. The Balaban J connectivity index is 2.19. The van der Waals surface area contributed by atoms with Crippen LogP contribution in [0.2, 0.25) is 0 Å². The van der Waals surface area contributed by atoms with E-state index in [0.717, 1.165) is 18.4 Å². The predicted octanol–water partition coefficient (Wildman–Crippen LogP) is 4.01. The minimum Gasteiger partial charge on any atom is -0.494 e. The largest absolute Gasteiger partial charge is 0.494 e. The van der Waals surface area contributed by atoms with Gasteiger partial charge in [0.2, 0.25) is 9.84 Å². The zero-order valence-corrected chi connectivity index (χ0v) is 13.2. The van der Waals surface area contributed by atoms with E-state index < -0.39 is 9.84 Å². The van der Waals surface area contributed by atoms with Gasteiger partial charge in [0.15, 0.2) is 0 Å². The normalized spacial score (nSPS) is 11.3. The van der Waals surface area contributed by atoms with Gasteiger partial charge in [0.25, 0.3) is 0 Å². The van der Waals surface area contributed by atoms with Gasteiger partial charge in [-0.15, -0.1) is 0 Å². The van der Waals surface area contributed by atoms with E-state index in [0.29, 0.717) is 17.3 Å². The first kappa shape index (κ1) is 15.6. The van der Waals surface area contributed by atoms with Gasteiger partial charge in [-0.1, -0.05) is 31.0 Å². The maximum atomic E-state index is 12.5. The zero-order chi connectivity index (χ0) is 15.3. The summed E-state index contributed by atoms with van der Waals surface area (Å²) in [6, 6.07) is 13.5. The molecule has 0 spiro atoms. The van der Waals surface area contributed by atoms with Gasteiger partial charge in [-0.3, -0.25) is 0 Å². The van der Waals surface area contributed by atoms with Crippen molar-refractivity contribution in [3.8, 4) is 5.75 Å². The minimum atomic E-state index is -3.45. The van der Waals surface area contributed by atoms with Crippen molar-refractivity contribution in [1.82, 2.24) is 0 Å². The molecule has 2 rings (SSSR count). The fourth-order valence-corrected chi connectivity index (χ4v) is 3.16. The molecule has 0 bridgehead atoms. The Hall–Kier alpha value is -1.81. The van der Waals surface area contributed by atoms with Crippen molar-refractivity contribution in [3.05, 3.63) is 54.1 Å². The first-order valence-electron chi connectivity index (χ1n) is 7.08. The molecule has 0 heterocycles. The molecule has 0 radical (unpaired) electrons. The highest BCUT2D eigenvalue weighted by Gasteiger charge is 2.17. The van der Waals surface area contributed by atoms with E-state index in [1.54, 1.807) is 48.5 Å². The summed E-state index contributed by atoms with van der Waals surface area (Å²) >= 11 is 0. The molecule has 0 aliphatic heterocycles. The second-order valence-corrected chi connectivity index (χ2v) is 6.94. The highest BCUT2D eigenvalue weighted by atomic mass is 32.2. The molecule has 0 saturated heterocycles. The molecule has 3 nitrogen and oxygen atoms in total. The summed E-state index contributed by atoms with van der Waals surface area (Å²) in [6.07, 6.45) is 2.06. The number of ether oxygens (including phenoxy) is 1. The van der Waals surface area contributed by atoms with Crippen LogP contribution >= 0.6 is 0 Å². The highest BCUT2D eigenvalue weighted by molar-refractivity contribution is 7.91. The molecule has 4 heteroatoms. The fraction of sp³-hybridized carbons (Fsp3) is 0.294. The summed E-state index contributed by atoms with van der Waals surface area (Å²) < 4.78 is 30.5. The van der Waals surface area contributed by atoms with Crippen molar-refractivity contribution in [2.24, 2.45) is 0 Å².